The number of anilines is 1. The molecule has 41 heavy (non-hydrogen) atoms. The number of amides is 2. The van der Waals surface area contributed by atoms with E-state index in [0.717, 1.165) is 17.4 Å². The van der Waals surface area contributed by atoms with Crippen LogP contribution in [-0.4, -0.2) is 50.0 Å². The third kappa shape index (κ3) is 9.48. The van der Waals surface area contributed by atoms with Gasteiger partial charge in [-0.25, -0.2) is 8.42 Å². The van der Waals surface area contributed by atoms with Gasteiger partial charge in [0.1, 0.15) is 6.04 Å². The van der Waals surface area contributed by atoms with Crippen LogP contribution in [-0.2, 0) is 32.6 Å². The van der Waals surface area contributed by atoms with Gasteiger partial charge in [-0.05, 0) is 68.1 Å². The van der Waals surface area contributed by atoms with Crippen LogP contribution in [0, 0.1) is 6.92 Å². The van der Waals surface area contributed by atoms with Gasteiger partial charge in [-0.3, -0.25) is 13.9 Å². The van der Waals surface area contributed by atoms with E-state index in [2.05, 4.69) is 5.32 Å². The highest BCUT2D eigenvalue weighted by molar-refractivity contribution is 7.92. The molecule has 220 valence electrons. The van der Waals surface area contributed by atoms with Gasteiger partial charge < -0.3 is 10.2 Å². The molecule has 0 unspecified atom stereocenters. The van der Waals surface area contributed by atoms with Crippen molar-refractivity contribution in [1.29, 1.82) is 0 Å². The second-order valence-corrected chi connectivity index (χ2v) is 13.1. The zero-order valence-electron chi connectivity index (χ0n) is 23.8. The van der Waals surface area contributed by atoms with E-state index in [1.54, 1.807) is 42.2 Å². The standard InChI is InChI=1S/C31H37Cl2N3O4S/c1-22(2)34-31(38)29(20-24-10-6-5-7-11-24)35(21-25-15-17-26(32)18-16-25)30(37)14-9-19-36(41(4,39)40)28-13-8-12-27(33)23(28)3/h5-8,10-13,15-18,22,29H,9,14,19-21H2,1-4H3,(H,34,38)/t29-/m1/s1. The molecule has 3 aromatic carbocycles. The fraction of sp³-hybridized carbons (Fsp3) is 0.355. The Balaban J connectivity index is 1.89. The molecule has 0 aliphatic rings. The summed E-state index contributed by atoms with van der Waals surface area (Å²) in [5.74, 6) is -0.505. The Labute approximate surface area is 253 Å². The number of nitrogens with one attached hydrogen (secondary N) is 1. The lowest BCUT2D eigenvalue weighted by molar-refractivity contribution is -0.141. The Bertz CT molecular complexity index is 1430. The number of hydrogen-bond acceptors (Lipinski definition) is 4. The minimum Gasteiger partial charge on any atom is -0.352 e. The third-order valence-corrected chi connectivity index (χ3v) is 8.47. The number of rotatable bonds is 13. The number of hydrogen-bond donors (Lipinski definition) is 1. The van der Waals surface area contributed by atoms with Crippen molar-refractivity contribution in [3.8, 4) is 0 Å². The van der Waals surface area contributed by atoms with Crippen LogP contribution in [0.3, 0.4) is 0 Å². The molecule has 0 aliphatic heterocycles. The first kappa shape index (κ1) is 32.4. The lowest BCUT2D eigenvalue weighted by Gasteiger charge is -2.32. The van der Waals surface area contributed by atoms with Crippen LogP contribution in [0.1, 0.15) is 43.4 Å². The van der Waals surface area contributed by atoms with E-state index < -0.39 is 16.1 Å². The van der Waals surface area contributed by atoms with Crippen molar-refractivity contribution < 1.29 is 18.0 Å². The van der Waals surface area contributed by atoms with Crippen LogP contribution in [0.5, 0.6) is 0 Å². The smallest absolute Gasteiger partial charge is 0.243 e. The Morgan fingerprint density at radius 3 is 2.17 bits per heavy atom. The number of carbonyl (C=O) groups excluding carboxylic acids is 2. The van der Waals surface area contributed by atoms with Crippen LogP contribution in [0.15, 0.2) is 72.8 Å². The van der Waals surface area contributed by atoms with Crippen LogP contribution >= 0.6 is 23.2 Å². The van der Waals surface area contributed by atoms with Crippen molar-refractivity contribution in [1.82, 2.24) is 10.2 Å². The molecule has 3 aromatic rings. The van der Waals surface area contributed by atoms with E-state index in [4.69, 9.17) is 23.2 Å². The minimum absolute atomic E-state index is 0.0411. The molecule has 0 saturated heterocycles. The van der Waals surface area contributed by atoms with Crippen molar-refractivity contribution in [2.45, 2.75) is 58.7 Å². The van der Waals surface area contributed by atoms with Gasteiger partial charge in [-0.1, -0.05) is 71.7 Å². The molecule has 1 N–H and O–H groups in total. The first-order valence-electron chi connectivity index (χ1n) is 13.5. The molecule has 0 spiro atoms. The number of benzene rings is 3. The molecule has 3 rings (SSSR count). The predicted octanol–water partition coefficient (Wildman–Crippen LogP) is 6.01. The van der Waals surface area contributed by atoms with E-state index in [1.165, 1.54) is 4.31 Å². The van der Waals surface area contributed by atoms with Crippen LogP contribution in [0.2, 0.25) is 10.0 Å². The molecule has 0 aliphatic carbocycles. The molecule has 2 amide bonds. The van der Waals surface area contributed by atoms with Crippen molar-refractivity contribution in [3.05, 3.63) is 99.5 Å². The topological polar surface area (TPSA) is 86.8 Å². The maximum absolute atomic E-state index is 13.9. The Hall–Kier alpha value is -3.07. The summed E-state index contributed by atoms with van der Waals surface area (Å²) in [6.45, 7) is 5.79. The average molecular weight is 619 g/mol. The molecule has 1 atom stereocenters. The summed E-state index contributed by atoms with van der Waals surface area (Å²) in [5, 5.41) is 4.00. The summed E-state index contributed by atoms with van der Waals surface area (Å²) in [4.78, 5) is 28.9. The highest BCUT2D eigenvalue weighted by Gasteiger charge is 2.31. The summed E-state index contributed by atoms with van der Waals surface area (Å²) in [7, 11) is -3.64. The summed E-state index contributed by atoms with van der Waals surface area (Å²) in [5.41, 5.74) is 2.86. The number of sulfonamides is 1. The molecular weight excluding hydrogens is 581 g/mol. The fourth-order valence-electron chi connectivity index (χ4n) is 4.57. The summed E-state index contributed by atoms with van der Waals surface area (Å²) in [6, 6.07) is 20.9. The van der Waals surface area contributed by atoms with E-state index in [-0.39, 0.29) is 43.8 Å². The second-order valence-electron chi connectivity index (χ2n) is 10.3. The maximum Gasteiger partial charge on any atom is 0.243 e. The molecule has 0 saturated carbocycles. The van der Waals surface area contributed by atoms with Gasteiger partial charge in [0.15, 0.2) is 0 Å². The zero-order chi connectivity index (χ0) is 30.2. The van der Waals surface area contributed by atoms with E-state index >= 15 is 0 Å². The van der Waals surface area contributed by atoms with Gasteiger partial charge in [-0.15, -0.1) is 0 Å². The van der Waals surface area contributed by atoms with E-state index in [0.29, 0.717) is 27.7 Å². The lowest BCUT2D eigenvalue weighted by atomic mass is 10.0. The number of halogens is 2. The summed E-state index contributed by atoms with van der Waals surface area (Å²) >= 11 is 12.3. The first-order chi connectivity index (χ1) is 19.4. The Kier molecular flexibility index (Phi) is 11.6. The van der Waals surface area contributed by atoms with Gasteiger partial charge in [0.2, 0.25) is 21.8 Å². The highest BCUT2D eigenvalue weighted by atomic mass is 35.5. The van der Waals surface area contributed by atoms with Crippen LogP contribution in [0.4, 0.5) is 5.69 Å². The molecule has 0 radical (unpaired) electrons. The van der Waals surface area contributed by atoms with Crippen molar-refractivity contribution in [2.75, 3.05) is 17.1 Å². The SMILES string of the molecule is Cc1c(Cl)cccc1N(CCCC(=O)N(Cc1ccc(Cl)cc1)[C@H](Cc1ccccc1)C(=O)NC(C)C)S(C)(=O)=O. The summed E-state index contributed by atoms with van der Waals surface area (Å²) in [6.07, 6.45) is 1.75. The molecule has 7 nitrogen and oxygen atoms in total. The molecule has 0 aromatic heterocycles. The van der Waals surface area contributed by atoms with Crippen molar-refractivity contribution in [3.63, 3.8) is 0 Å². The van der Waals surface area contributed by atoms with Crippen LogP contribution in [0.25, 0.3) is 0 Å². The first-order valence-corrected chi connectivity index (χ1v) is 16.1. The predicted molar refractivity (Wildman–Crippen MR) is 167 cm³/mol. The Morgan fingerprint density at radius 1 is 0.902 bits per heavy atom. The Morgan fingerprint density at radius 2 is 1.56 bits per heavy atom. The van der Waals surface area contributed by atoms with Crippen molar-refractivity contribution in [2.24, 2.45) is 0 Å². The lowest BCUT2D eigenvalue weighted by Crippen LogP contribution is -2.51. The minimum atomic E-state index is -3.64. The zero-order valence-corrected chi connectivity index (χ0v) is 26.1. The van der Waals surface area contributed by atoms with Gasteiger partial charge in [-0.2, -0.15) is 0 Å². The number of nitrogens with zero attached hydrogens (tertiary/aromatic N) is 2. The largest absolute Gasteiger partial charge is 0.352 e. The molecule has 0 bridgehead atoms. The second kappa shape index (κ2) is 14.7. The van der Waals surface area contributed by atoms with Gasteiger partial charge in [0, 0.05) is 42.0 Å². The average Bonchev–Trinajstić information content (AvgIpc) is 2.91. The molecular formula is C31H37Cl2N3O4S. The van der Waals surface area contributed by atoms with E-state index in [9.17, 15) is 18.0 Å². The van der Waals surface area contributed by atoms with Gasteiger partial charge >= 0.3 is 0 Å². The van der Waals surface area contributed by atoms with Crippen molar-refractivity contribution >= 4 is 50.7 Å². The molecule has 0 fully saturated rings. The van der Waals surface area contributed by atoms with Crippen LogP contribution < -0.4 is 9.62 Å². The quantitative estimate of drug-likeness (QED) is 0.254. The van der Waals surface area contributed by atoms with Gasteiger partial charge in [0.25, 0.3) is 0 Å². The van der Waals surface area contributed by atoms with Gasteiger partial charge in [0.05, 0.1) is 11.9 Å². The summed E-state index contributed by atoms with van der Waals surface area (Å²) < 4.78 is 26.7. The monoisotopic (exact) mass is 617 g/mol. The number of carbonyl (C=O) groups is 2. The molecule has 10 heteroatoms. The third-order valence-electron chi connectivity index (χ3n) is 6.63. The molecule has 0 heterocycles. The van der Waals surface area contributed by atoms with E-state index in [1.807, 2.05) is 56.3 Å². The highest BCUT2D eigenvalue weighted by Crippen LogP contribution is 2.28. The fourth-order valence-corrected chi connectivity index (χ4v) is 5.88. The normalized spacial score (nSPS) is 12.2. The maximum atomic E-state index is 13.9.